The molecule has 0 spiro atoms. The van der Waals surface area contributed by atoms with E-state index in [0.717, 1.165) is 0 Å². The smallest absolute Gasteiger partial charge is 0.356 e. The molecule has 0 bridgehead atoms. The van der Waals surface area contributed by atoms with Crippen LogP contribution in [0.25, 0.3) is 5.69 Å². The summed E-state index contributed by atoms with van der Waals surface area (Å²) in [5.41, 5.74) is 0.821. The van der Waals surface area contributed by atoms with Gasteiger partial charge in [-0.1, -0.05) is 39.0 Å². The van der Waals surface area contributed by atoms with E-state index in [-0.39, 0.29) is 51.8 Å². The lowest BCUT2D eigenvalue weighted by Crippen LogP contribution is -2.25. The highest BCUT2D eigenvalue weighted by molar-refractivity contribution is 7.89. The van der Waals surface area contributed by atoms with Crippen LogP contribution in [-0.2, 0) is 14.8 Å². The fraction of sp³-hybridized carbons (Fsp3) is 0.292. The first kappa shape index (κ1) is 25.9. The number of para-hydroxylation sites is 1. The number of ether oxygens (including phenoxy) is 1. The number of hydrogen-bond donors (Lipinski definition) is 3. The second-order valence-corrected chi connectivity index (χ2v) is 9.87. The lowest BCUT2D eigenvalue weighted by atomic mass is 10.2. The maximum atomic E-state index is 13.1. The summed E-state index contributed by atoms with van der Waals surface area (Å²) in [4.78, 5) is 23.7. The van der Waals surface area contributed by atoms with E-state index in [1.165, 1.54) is 29.8 Å². The molecule has 1 aromatic heterocycles. The van der Waals surface area contributed by atoms with Crippen molar-refractivity contribution in [1.29, 1.82) is 0 Å². The third-order valence-corrected chi connectivity index (χ3v) is 6.53. The number of anilines is 1. The van der Waals surface area contributed by atoms with Crippen molar-refractivity contribution in [3.63, 3.8) is 0 Å². The summed E-state index contributed by atoms with van der Waals surface area (Å²) >= 11 is 0. The fourth-order valence-electron chi connectivity index (χ4n) is 3.13. The zero-order valence-corrected chi connectivity index (χ0v) is 20.7. The Morgan fingerprint density at radius 2 is 1.83 bits per heavy atom. The summed E-state index contributed by atoms with van der Waals surface area (Å²) in [5, 5.41) is 16.4. The van der Waals surface area contributed by atoms with Crippen LogP contribution in [0.3, 0.4) is 0 Å². The highest BCUT2D eigenvalue weighted by Crippen LogP contribution is 2.35. The minimum Gasteiger partial charge on any atom is -0.476 e. The van der Waals surface area contributed by atoms with Crippen LogP contribution >= 0.6 is 0 Å². The number of carbonyl (C=O) groups excluding carboxylic acids is 1. The van der Waals surface area contributed by atoms with Gasteiger partial charge in [0, 0.05) is 23.7 Å². The van der Waals surface area contributed by atoms with Crippen LogP contribution in [0.2, 0.25) is 0 Å². The van der Waals surface area contributed by atoms with Gasteiger partial charge in [0.1, 0.15) is 10.6 Å². The Balaban J connectivity index is 2.15. The van der Waals surface area contributed by atoms with Crippen LogP contribution in [0.15, 0.2) is 53.4 Å². The number of sulfonamides is 1. The van der Waals surface area contributed by atoms with Crippen molar-refractivity contribution in [2.24, 2.45) is 5.92 Å². The summed E-state index contributed by atoms with van der Waals surface area (Å²) in [6.45, 7) is 7.01. The van der Waals surface area contributed by atoms with Crippen molar-refractivity contribution in [3.8, 4) is 17.3 Å². The van der Waals surface area contributed by atoms with Crippen LogP contribution in [0.1, 0.15) is 43.2 Å². The summed E-state index contributed by atoms with van der Waals surface area (Å²) < 4.78 is 36.1. The molecule has 0 unspecified atom stereocenters. The standard InChI is InChI=1S/C24H28N4O6S/c1-5-13-25-35(32,33)20-14-17(26-22(29)15(2)3)11-12-19(20)34-23-16(4)21(24(30)31)27-28(23)18-9-7-6-8-10-18/h6-12,14-15,25H,5,13H2,1-4H3,(H,26,29)(H,30,31). The molecule has 3 N–H and O–H groups in total. The minimum absolute atomic E-state index is 0.0479. The molecule has 0 fully saturated rings. The van der Waals surface area contributed by atoms with E-state index in [4.69, 9.17) is 4.74 Å². The number of rotatable bonds is 10. The Labute approximate surface area is 204 Å². The molecule has 0 aliphatic rings. The van der Waals surface area contributed by atoms with Crippen LogP contribution in [0.4, 0.5) is 5.69 Å². The first-order valence-electron chi connectivity index (χ1n) is 11.1. The number of carboxylic acids is 1. The molecule has 2 aromatic carbocycles. The lowest BCUT2D eigenvalue weighted by molar-refractivity contribution is -0.118. The molecule has 1 amide bonds. The van der Waals surface area contributed by atoms with Gasteiger partial charge in [-0.3, -0.25) is 4.79 Å². The molecule has 11 heteroatoms. The highest BCUT2D eigenvalue weighted by Gasteiger charge is 2.26. The largest absolute Gasteiger partial charge is 0.476 e. The summed E-state index contributed by atoms with van der Waals surface area (Å²) in [5.74, 6) is -1.81. The van der Waals surface area contributed by atoms with E-state index < -0.39 is 16.0 Å². The first-order chi connectivity index (χ1) is 16.5. The van der Waals surface area contributed by atoms with Gasteiger partial charge in [0.2, 0.25) is 21.8 Å². The average Bonchev–Trinajstić information content (AvgIpc) is 3.15. The number of nitrogens with one attached hydrogen (secondary N) is 2. The minimum atomic E-state index is -4.02. The highest BCUT2D eigenvalue weighted by atomic mass is 32.2. The molecule has 10 nitrogen and oxygen atoms in total. The molecular weight excluding hydrogens is 472 g/mol. The second kappa shape index (κ2) is 10.7. The molecule has 0 saturated heterocycles. The number of carbonyl (C=O) groups is 2. The number of aromatic carboxylic acids is 1. The molecule has 0 aliphatic heterocycles. The number of nitrogens with zero attached hydrogens (tertiary/aromatic N) is 2. The first-order valence-corrected chi connectivity index (χ1v) is 12.5. The Bertz CT molecular complexity index is 1330. The number of aromatic nitrogens is 2. The number of carboxylic acid groups (broad SMARTS) is 1. The van der Waals surface area contributed by atoms with E-state index in [2.05, 4.69) is 15.1 Å². The quantitative estimate of drug-likeness (QED) is 0.383. The Kier molecular flexibility index (Phi) is 7.92. The summed E-state index contributed by atoms with van der Waals surface area (Å²) in [6.07, 6.45) is 0.570. The molecule has 186 valence electrons. The zero-order chi connectivity index (χ0) is 25.8. The number of amides is 1. The van der Waals surface area contributed by atoms with E-state index in [9.17, 15) is 23.1 Å². The van der Waals surface area contributed by atoms with Gasteiger partial charge in [-0.15, -0.1) is 0 Å². The zero-order valence-electron chi connectivity index (χ0n) is 19.9. The van der Waals surface area contributed by atoms with Gasteiger partial charge in [-0.05, 0) is 43.7 Å². The molecule has 3 aromatic rings. The fourth-order valence-corrected chi connectivity index (χ4v) is 4.42. The SMILES string of the molecule is CCCNS(=O)(=O)c1cc(NC(=O)C(C)C)ccc1Oc1c(C)c(C(=O)O)nn1-c1ccccc1. The van der Waals surface area contributed by atoms with Crippen molar-refractivity contribution >= 4 is 27.6 Å². The predicted molar refractivity (Wildman–Crippen MR) is 131 cm³/mol. The summed E-state index contributed by atoms with van der Waals surface area (Å²) in [6, 6.07) is 13.0. The van der Waals surface area contributed by atoms with Gasteiger partial charge < -0.3 is 15.2 Å². The van der Waals surface area contributed by atoms with E-state index in [1.54, 1.807) is 44.2 Å². The normalized spacial score (nSPS) is 11.5. The third kappa shape index (κ3) is 5.87. The summed E-state index contributed by atoms with van der Waals surface area (Å²) in [7, 11) is -4.02. The maximum Gasteiger partial charge on any atom is 0.356 e. The molecule has 0 atom stereocenters. The number of benzene rings is 2. The molecule has 1 heterocycles. The van der Waals surface area contributed by atoms with E-state index >= 15 is 0 Å². The van der Waals surface area contributed by atoms with Crippen molar-refractivity contribution in [2.45, 2.75) is 39.0 Å². The lowest BCUT2D eigenvalue weighted by Gasteiger charge is -2.16. The molecule has 35 heavy (non-hydrogen) atoms. The molecule has 3 rings (SSSR count). The van der Waals surface area contributed by atoms with Crippen LogP contribution in [-0.4, -0.2) is 41.7 Å². The van der Waals surface area contributed by atoms with Crippen molar-refractivity contribution < 1.29 is 27.9 Å². The number of hydrogen-bond acceptors (Lipinski definition) is 6. The van der Waals surface area contributed by atoms with Crippen LogP contribution < -0.4 is 14.8 Å². The second-order valence-electron chi connectivity index (χ2n) is 8.14. The molecule has 0 aliphatic carbocycles. The van der Waals surface area contributed by atoms with Crippen molar-refractivity contribution in [2.75, 3.05) is 11.9 Å². The maximum absolute atomic E-state index is 13.1. The van der Waals surface area contributed by atoms with Gasteiger partial charge in [-0.25, -0.2) is 17.9 Å². The Hall–Kier alpha value is -3.70. The topological polar surface area (TPSA) is 140 Å². The molecule has 0 radical (unpaired) electrons. The molecular formula is C24H28N4O6S. The Morgan fingerprint density at radius 3 is 2.43 bits per heavy atom. The Morgan fingerprint density at radius 1 is 1.14 bits per heavy atom. The predicted octanol–water partition coefficient (Wildman–Crippen LogP) is 3.95. The van der Waals surface area contributed by atoms with Crippen molar-refractivity contribution in [3.05, 3.63) is 59.8 Å². The monoisotopic (exact) mass is 500 g/mol. The van der Waals surface area contributed by atoms with Gasteiger partial charge >= 0.3 is 5.97 Å². The van der Waals surface area contributed by atoms with Crippen LogP contribution in [0, 0.1) is 12.8 Å². The third-order valence-electron chi connectivity index (χ3n) is 5.05. The van der Waals surface area contributed by atoms with Crippen LogP contribution in [0.5, 0.6) is 11.6 Å². The van der Waals surface area contributed by atoms with E-state index in [0.29, 0.717) is 12.1 Å². The van der Waals surface area contributed by atoms with Gasteiger partial charge in [0.15, 0.2) is 5.69 Å². The van der Waals surface area contributed by atoms with E-state index in [1.807, 2.05) is 6.92 Å². The average molecular weight is 501 g/mol. The van der Waals surface area contributed by atoms with Crippen molar-refractivity contribution in [1.82, 2.24) is 14.5 Å². The van der Waals surface area contributed by atoms with Gasteiger partial charge in [0.25, 0.3) is 0 Å². The van der Waals surface area contributed by atoms with Gasteiger partial charge in [0.05, 0.1) is 5.69 Å². The molecule has 0 saturated carbocycles. The van der Waals surface area contributed by atoms with Gasteiger partial charge in [-0.2, -0.15) is 9.78 Å².